The number of ether oxygens (including phenoxy) is 2. The topological polar surface area (TPSA) is 55.8 Å². The maximum atomic E-state index is 11.4. The molecule has 0 spiro atoms. The van der Waals surface area contributed by atoms with Crippen molar-refractivity contribution in [2.75, 3.05) is 13.2 Å². The SMILES string of the molecule is CCCOC(Cc1ccc(OCCCC2c3ccccc3-c3ccccc32)cc1)C(=O)O. The van der Waals surface area contributed by atoms with Crippen LogP contribution >= 0.6 is 0 Å². The monoisotopic (exact) mass is 430 g/mol. The van der Waals surface area contributed by atoms with E-state index in [0.717, 1.165) is 30.6 Å². The maximum absolute atomic E-state index is 11.4. The Morgan fingerprint density at radius 3 is 2.12 bits per heavy atom. The molecule has 4 nitrogen and oxygen atoms in total. The third-order valence-electron chi connectivity index (χ3n) is 6.01. The van der Waals surface area contributed by atoms with Crippen LogP contribution in [0.3, 0.4) is 0 Å². The Hall–Kier alpha value is -3.11. The van der Waals surface area contributed by atoms with E-state index in [1.165, 1.54) is 22.3 Å². The van der Waals surface area contributed by atoms with Crippen molar-refractivity contribution in [1.82, 2.24) is 0 Å². The number of benzene rings is 3. The summed E-state index contributed by atoms with van der Waals surface area (Å²) in [4.78, 5) is 11.4. The Morgan fingerprint density at radius 1 is 0.906 bits per heavy atom. The quantitative estimate of drug-likeness (QED) is 0.375. The van der Waals surface area contributed by atoms with E-state index in [4.69, 9.17) is 9.47 Å². The molecule has 0 heterocycles. The molecule has 1 aliphatic carbocycles. The van der Waals surface area contributed by atoms with Crippen LogP contribution in [0.4, 0.5) is 0 Å². The highest BCUT2D eigenvalue weighted by atomic mass is 16.5. The third kappa shape index (κ3) is 5.03. The zero-order chi connectivity index (χ0) is 22.3. The molecule has 0 saturated carbocycles. The molecule has 4 rings (SSSR count). The summed E-state index contributed by atoms with van der Waals surface area (Å²) in [6, 6.07) is 25.1. The average Bonchev–Trinajstić information content (AvgIpc) is 3.14. The molecule has 1 atom stereocenters. The van der Waals surface area contributed by atoms with Gasteiger partial charge in [0.2, 0.25) is 0 Å². The number of hydrogen-bond acceptors (Lipinski definition) is 3. The van der Waals surface area contributed by atoms with Gasteiger partial charge in [0.25, 0.3) is 0 Å². The first-order valence-corrected chi connectivity index (χ1v) is 11.4. The van der Waals surface area contributed by atoms with Crippen molar-refractivity contribution in [2.24, 2.45) is 0 Å². The Kier molecular flexibility index (Phi) is 7.23. The summed E-state index contributed by atoms with van der Waals surface area (Å²) in [6.45, 7) is 3.07. The van der Waals surface area contributed by atoms with Gasteiger partial charge in [-0.25, -0.2) is 4.79 Å². The molecule has 1 N–H and O–H groups in total. The van der Waals surface area contributed by atoms with Gasteiger partial charge in [-0.05, 0) is 59.2 Å². The van der Waals surface area contributed by atoms with Crippen LogP contribution in [0.2, 0.25) is 0 Å². The number of carboxylic acid groups (broad SMARTS) is 1. The third-order valence-corrected chi connectivity index (χ3v) is 6.01. The average molecular weight is 431 g/mol. The van der Waals surface area contributed by atoms with Crippen molar-refractivity contribution in [1.29, 1.82) is 0 Å². The molecule has 32 heavy (non-hydrogen) atoms. The molecule has 4 heteroatoms. The van der Waals surface area contributed by atoms with E-state index in [9.17, 15) is 9.90 Å². The first-order valence-electron chi connectivity index (χ1n) is 11.4. The van der Waals surface area contributed by atoms with Crippen molar-refractivity contribution >= 4 is 5.97 Å². The summed E-state index contributed by atoms with van der Waals surface area (Å²) < 4.78 is 11.4. The zero-order valence-electron chi connectivity index (χ0n) is 18.5. The van der Waals surface area contributed by atoms with Gasteiger partial charge >= 0.3 is 5.97 Å². The highest BCUT2D eigenvalue weighted by Gasteiger charge is 2.27. The molecular weight excluding hydrogens is 400 g/mol. The maximum Gasteiger partial charge on any atom is 0.333 e. The molecule has 0 radical (unpaired) electrons. The Bertz CT molecular complexity index is 996. The lowest BCUT2D eigenvalue weighted by Gasteiger charge is -2.15. The van der Waals surface area contributed by atoms with Crippen molar-refractivity contribution in [3.63, 3.8) is 0 Å². The van der Waals surface area contributed by atoms with Gasteiger partial charge in [-0.3, -0.25) is 0 Å². The van der Waals surface area contributed by atoms with Crippen LogP contribution in [0.5, 0.6) is 5.75 Å². The molecule has 0 bridgehead atoms. The highest BCUT2D eigenvalue weighted by molar-refractivity contribution is 5.78. The van der Waals surface area contributed by atoms with Gasteiger partial charge in [-0.1, -0.05) is 67.6 Å². The molecule has 0 amide bonds. The van der Waals surface area contributed by atoms with Crippen molar-refractivity contribution in [3.05, 3.63) is 89.5 Å². The summed E-state index contributed by atoms with van der Waals surface area (Å²) in [7, 11) is 0. The first-order chi connectivity index (χ1) is 15.7. The first kappa shape index (κ1) is 22.1. The van der Waals surface area contributed by atoms with E-state index in [2.05, 4.69) is 48.5 Å². The zero-order valence-corrected chi connectivity index (χ0v) is 18.5. The van der Waals surface area contributed by atoms with Crippen LogP contribution in [-0.4, -0.2) is 30.4 Å². The fraction of sp³-hybridized carbons (Fsp3) is 0.321. The van der Waals surface area contributed by atoms with Crippen LogP contribution in [0.15, 0.2) is 72.8 Å². The lowest BCUT2D eigenvalue weighted by atomic mass is 9.92. The summed E-state index contributed by atoms with van der Waals surface area (Å²) >= 11 is 0. The van der Waals surface area contributed by atoms with E-state index in [1.54, 1.807) is 0 Å². The van der Waals surface area contributed by atoms with E-state index < -0.39 is 12.1 Å². The molecule has 3 aromatic carbocycles. The molecule has 1 unspecified atom stereocenters. The van der Waals surface area contributed by atoms with Gasteiger partial charge in [0.15, 0.2) is 6.10 Å². The molecular formula is C28H30O4. The van der Waals surface area contributed by atoms with Gasteiger partial charge < -0.3 is 14.6 Å². The second-order valence-electron chi connectivity index (χ2n) is 8.26. The second kappa shape index (κ2) is 10.5. The molecule has 1 aliphatic rings. The fourth-order valence-corrected chi connectivity index (χ4v) is 4.46. The number of fused-ring (bicyclic) bond motifs is 3. The van der Waals surface area contributed by atoms with E-state index >= 15 is 0 Å². The van der Waals surface area contributed by atoms with E-state index in [1.807, 2.05) is 31.2 Å². The van der Waals surface area contributed by atoms with Crippen molar-refractivity contribution < 1.29 is 19.4 Å². The summed E-state index contributed by atoms with van der Waals surface area (Å²) in [6.07, 6.45) is 2.35. The number of hydrogen-bond donors (Lipinski definition) is 1. The normalized spacial score (nSPS) is 13.4. The predicted molar refractivity (Wildman–Crippen MR) is 126 cm³/mol. The minimum atomic E-state index is -0.922. The summed E-state index contributed by atoms with van der Waals surface area (Å²) in [5, 5.41) is 9.32. The summed E-state index contributed by atoms with van der Waals surface area (Å²) in [5.74, 6) is 0.306. The predicted octanol–water partition coefficient (Wildman–Crippen LogP) is 6.08. The van der Waals surface area contributed by atoms with Crippen LogP contribution in [0.25, 0.3) is 11.1 Å². The number of aliphatic carboxylic acids is 1. The summed E-state index contributed by atoms with van der Waals surface area (Å²) in [5.41, 5.74) is 6.46. The number of carboxylic acids is 1. The van der Waals surface area contributed by atoms with Gasteiger partial charge in [0, 0.05) is 18.9 Å². The van der Waals surface area contributed by atoms with Crippen LogP contribution < -0.4 is 4.74 Å². The minimum absolute atomic E-state index is 0.357. The standard InChI is InChI=1S/C28H30O4/c1-2-17-32-27(28(29)30)19-20-13-15-21(16-14-20)31-18-7-12-26-24-10-5-3-8-22(24)23-9-4-6-11-25(23)26/h3-6,8-11,13-16,26-27H,2,7,12,17-19H2,1H3,(H,29,30). The number of carbonyl (C=O) groups is 1. The molecule has 0 saturated heterocycles. The lowest BCUT2D eigenvalue weighted by molar-refractivity contribution is -0.150. The molecule has 166 valence electrons. The van der Waals surface area contributed by atoms with Gasteiger partial charge in [0.05, 0.1) is 6.61 Å². The van der Waals surface area contributed by atoms with Gasteiger partial charge in [-0.2, -0.15) is 0 Å². The molecule has 0 aromatic heterocycles. The molecule has 0 aliphatic heterocycles. The van der Waals surface area contributed by atoms with Crippen LogP contribution in [0.1, 0.15) is 48.8 Å². The van der Waals surface area contributed by atoms with Gasteiger partial charge in [-0.15, -0.1) is 0 Å². The Balaban J connectivity index is 1.30. The van der Waals surface area contributed by atoms with Crippen LogP contribution in [-0.2, 0) is 16.0 Å². The molecule has 3 aromatic rings. The van der Waals surface area contributed by atoms with E-state index in [0.29, 0.717) is 25.6 Å². The smallest absolute Gasteiger partial charge is 0.333 e. The largest absolute Gasteiger partial charge is 0.494 e. The molecule has 0 fully saturated rings. The van der Waals surface area contributed by atoms with E-state index in [-0.39, 0.29) is 0 Å². The van der Waals surface area contributed by atoms with Crippen LogP contribution in [0, 0.1) is 0 Å². The van der Waals surface area contributed by atoms with Gasteiger partial charge in [0.1, 0.15) is 5.75 Å². The highest BCUT2D eigenvalue weighted by Crippen LogP contribution is 2.46. The van der Waals surface area contributed by atoms with Crippen molar-refractivity contribution in [3.8, 4) is 16.9 Å². The lowest BCUT2D eigenvalue weighted by Crippen LogP contribution is -2.26. The second-order valence-corrected chi connectivity index (χ2v) is 8.26. The Labute approximate surface area is 189 Å². The minimum Gasteiger partial charge on any atom is -0.494 e. The van der Waals surface area contributed by atoms with Crippen molar-refractivity contribution in [2.45, 2.75) is 44.6 Å². The fourth-order valence-electron chi connectivity index (χ4n) is 4.46. The Morgan fingerprint density at radius 2 is 1.53 bits per heavy atom. The number of rotatable bonds is 11.